The fourth-order valence-corrected chi connectivity index (χ4v) is 7.17. The predicted octanol–water partition coefficient (Wildman–Crippen LogP) is 5.83. The van der Waals surface area contributed by atoms with E-state index < -0.39 is 85.1 Å². The highest BCUT2D eigenvalue weighted by atomic mass is 16.8. The van der Waals surface area contributed by atoms with Crippen LogP contribution in [0.2, 0.25) is 0 Å². The maximum absolute atomic E-state index is 12.3. The minimum atomic E-state index is -1.26. The lowest BCUT2D eigenvalue weighted by atomic mass is 9.96. The second-order valence-corrected chi connectivity index (χ2v) is 14.7. The number of methoxy groups -OCH3 is 1. The number of ether oxygens (including phenoxy) is 10. The van der Waals surface area contributed by atoms with Crippen molar-refractivity contribution < 1.29 is 66.5 Å². The molecule has 0 unspecified atom stereocenters. The molecule has 300 valence electrons. The van der Waals surface area contributed by atoms with Crippen LogP contribution in [0.1, 0.15) is 139 Å². The molecule has 0 aromatic heterocycles. The van der Waals surface area contributed by atoms with E-state index in [-0.39, 0.29) is 12.1 Å². The van der Waals surface area contributed by atoms with Crippen molar-refractivity contribution in [2.24, 2.45) is 0 Å². The van der Waals surface area contributed by atoms with Gasteiger partial charge in [0.15, 0.2) is 36.7 Å². The highest BCUT2D eigenvalue weighted by molar-refractivity contribution is 5.69. The smallest absolute Gasteiger partial charge is 0.305 e. The molecule has 0 aromatic rings. The SMILES string of the molecule is CCCCC[C@@H](CCCCCCCCCC(=O)OC)O[C@@H]1O[C@@H](C)[C@H](O[C@@H]2O[C@@H](C)[C@H](OC(C)=O)[C@@H](OC(C)=O)[C@H]2OC(C)=O)[C@H]2OC(C)(C)O[C@@H]12. The van der Waals surface area contributed by atoms with Gasteiger partial charge in [-0.2, -0.15) is 0 Å². The molecule has 3 saturated heterocycles. The van der Waals surface area contributed by atoms with Gasteiger partial charge in [0.05, 0.1) is 25.4 Å². The standard InChI is InChI=1S/C38H64O14/c1-10-11-17-20-28(21-18-15-13-12-14-16-19-22-29(42)43-9)49-37-35-33(51-38(7,8)52-35)31(24(3)45-37)50-36-34(48-27(6)41)32(47-26(5)40)30(23(2)44-36)46-25(4)39/h23-24,28,30-37H,10-22H2,1-9H3/t23-,24-,28-,30-,31-,32+,33+,34+,35+,36-,37-/m0/s1. The minimum Gasteiger partial charge on any atom is -0.469 e. The van der Waals surface area contributed by atoms with Crippen molar-refractivity contribution in [3.05, 3.63) is 0 Å². The first kappa shape index (κ1) is 44.0. The molecular formula is C38H64O14. The average Bonchev–Trinajstić information content (AvgIpc) is 3.39. The Balaban J connectivity index is 1.70. The van der Waals surface area contributed by atoms with Gasteiger partial charge in [-0.15, -0.1) is 0 Å². The number of hydrogen-bond donors (Lipinski definition) is 0. The van der Waals surface area contributed by atoms with Crippen molar-refractivity contribution in [1.82, 2.24) is 0 Å². The van der Waals surface area contributed by atoms with E-state index in [1.165, 1.54) is 27.9 Å². The van der Waals surface area contributed by atoms with E-state index in [0.29, 0.717) is 6.42 Å². The summed E-state index contributed by atoms with van der Waals surface area (Å²) < 4.78 is 60.1. The van der Waals surface area contributed by atoms with E-state index in [2.05, 4.69) is 6.92 Å². The molecule has 14 nitrogen and oxygen atoms in total. The number of rotatable bonds is 21. The molecule has 3 heterocycles. The monoisotopic (exact) mass is 744 g/mol. The Bertz CT molecular complexity index is 1130. The molecule has 3 aliphatic rings. The number of carbonyl (C=O) groups is 4. The zero-order valence-corrected chi connectivity index (χ0v) is 32.8. The molecule has 0 saturated carbocycles. The lowest BCUT2D eigenvalue weighted by Gasteiger charge is -2.47. The average molecular weight is 745 g/mol. The highest BCUT2D eigenvalue weighted by Crippen LogP contribution is 2.41. The fraction of sp³-hybridized carbons (Fsp3) is 0.895. The van der Waals surface area contributed by atoms with Crippen LogP contribution >= 0.6 is 0 Å². The van der Waals surface area contributed by atoms with Gasteiger partial charge >= 0.3 is 23.9 Å². The zero-order valence-electron chi connectivity index (χ0n) is 32.8. The second kappa shape index (κ2) is 21.5. The first-order valence-corrected chi connectivity index (χ1v) is 19.2. The lowest BCUT2D eigenvalue weighted by molar-refractivity contribution is -0.346. The van der Waals surface area contributed by atoms with Crippen LogP contribution < -0.4 is 0 Å². The van der Waals surface area contributed by atoms with Crippen LogP contribution in [-0.2, 0) is 66.5 Å². The Morgan fingerprint density at radius 1 is 0.635 bits per heavy atom. The third-order valence-corrected chi connectivity index (χ3v) is 9.58. The normalized spacial score (nSPS) is 31.6. The van der Waals surface area contributed by atoms with Crippen LogP contribution in [0.15, 0.2) is 0 Å². The first-order chi connectivity index (χ1) is 24.6. The van der Waals surface area contributed by atoms with Gasteiger partial charge < -0.3 is 47.4 Å². The number of unbranched alkanes of at least 4 members (excludes halogenated alkanes) is 8. The summed E-state index contributed by atoms with van der Waals surface area (Å²) in [4.78, 5) is 47.7. The molecule has 52 heavy (non-hydrogen) atoms. The zero-order chi connectivity index (χ0) is 38.4. The Hall–Kier alpha value is -2.36. The van der Waals surface area contributed by atoms with Crippen molar-refractivity contribution in [3.63, 3.8) is 0 Å². The maximum Gasteiger partial charge on any atom is 0.305 e. The van der Waals surface area contributed by atoms with Gasteiger partial charge in [0.1, 0.15) is 18.3 Å². The molecule has 3 fully saturated rings. The van der Waals surface area contributed by atoms with Crippen LogP contribution in [0.3, 0.4) is 0 Å². The summed E-state index contributed by atoms with van der Waals surface area (Å²) in [5.74, 6) is -3.06. The van der Waals surface area contributed by atoms with E-state index in [1.807, 2.05) is 20.8 Å². The van der Waals surface area contributed by atoms with E-state index in [4.69, 9.17) is 47.4 Å². The molecule has 0 N–H and O–H groups in total. The minimum absolute atomic E-state index is 0.0344. The highest BCUT2D eigenvalue weighted by Gasteiger charge is 2.58. The Labute approximate surface area is 309 Å². The molecule has 11 atom stereocenters. The van der Waals surface area contributed by atoms with Crippen molar-refractivity contribution in [2.45, 2.75) is 212 Å². The quantitative estimate of drug-likeness (QED) is 0.0785. The van der Waals surface area contributed by atoms with Crippen molar-refractivity contribution in [1.29, 1.82) is 0 Å². The first-order valence-electron chi connectivity index (χ1n) is 19.2. The number of hydrogen-bond acceptors (Lipinski definition) is 14. The van der Waals surface area contributed by atoms with Gasteiger partial charge in [-0.1, -0.05) is 64.7 Å². The van der Waals surface area contributed by atoms with Crippen LogP contribution in [0.4, 0.5) is 0 Å². The summed E-state index contributed by atoms with van der Waals surface area (Å²) in [6, 6.07) is 0. The van der Waals surface area contributed by atoms with Gasteiger partial charge in [0, 0.05) is 27.2 Å². The third-order valence-electron chi connectivity index (χ3n) is 9.58. The summed E-state index contributed by atoms with van der Waals surface area (Å²) in [7, 11) is 1.42. The molecule has 3 rings (SSSR count). The maximum atomic E-state index is 12.3. The van der Waals surface area contributed by atoms with E-state index in [0.717, 1.165) is 77.0 Å². The van der Waals surface area contributed by atoms with Gasteiger partial charge in [-0.05, 0) is 47.0 Å². The molecule has 14 heteroatoms. The summed E-state index contributed by atoms with van der Waals surface area (Å²) >= 11 is 0. The molecular weight excluding hydrogens is 680 g/mol. The lowest BCUT2D eigenvalue weighted by Crippen LogP contribution is -2.64. The van der Waals surface area contributed by atoms with Gasteiger partial charge in [-0.3, -0.25) is 19.2 Å². The topological polar surface area (TPSA) is 161 Å². The summed E-state index contributed by atoms with van der Waals surface area (Å²) in [6.45, 7) is 13.0. The van der Waals surface area contributed by atoms with E-state index in [1.54, 1.807) is 6.92 Å². The molecule has 0 amide bonds. The van der Waals surface area contributed by atoms with Gasteiger partial charge in [0.2, 0.25) is 0 Å². The van der Waals surface area contributed by atoms with Crippen molar-refractivity contribution in [2.75, 3.05) is 7.11 Å². The third kappa shape index (κ3) is 13.8. The number of fused-ring (bicyclic) bond motifs is 1. The summed E-state index contributed by atoms with van der Waals surface area (Å²) in [5, 5.41) is 0. The number of esters is 4. The molecule has 0 radical (unpaired) electrons. The molecule has 0 spiro atoms. The van der Waals surface area contributed by atoms with E-state index in [9.17, 15) is 19.2 Å². The molecule has 0 bridgehead atoms. The van der Waals surface area contributed by atoms with Crippen LogP contribution in [0, 0.1) is 0 Å². The van der Waals surface area contributed by atoms with Gasteiger partial charge in [0.25, 0.3) is 0 Å². The fourth-order valence-electron chi connectivity index (χ4n) is 7.17. The second-order valence-electron chi connectivity index (χ2n) is 14.7. The molecule has 3 aliphatic heterocycles. The van der Waals surface area contributed by atoms with Gasteiger partial charge in [-0.25, -0.2) is 0 Å². The largest absolute Gasteiger partial charge is 0.469 e. The Morgan fingerprint density at radius 2 is 1.13 bits per heavy atom. The van der Waals surface area contributed by atoms with E-state index >= 15 is 0 Å². The Kier molecular flexibility index (Phi) is 18.2. The molecule has 0 aromatic carbocycles. The predicted molar refractivity (Wildman–Crippen MR) is 187 cm³/mol. The Morgan fingerprint density at radius 3 is 1.73 bits per heavy atom. The van der Waals surface area contributed by atoms with Crippen molar-refractivity contribution in [3.8, 4) is 0 Å². The van der Waals surface area contributed by atoms with Crippen LogP contribution in [-0.4, -0.2) is 104 Å². The molecule has 0 aliphatic carbocycles. The van der Waals surface area contributed by atoms with Crippen molar-refractivity contribution >= 4 is 23.9 Å². The number of carbonyl (C=O) groups excluding carboxylic acids is 4. The van der Waals surface area contributed by atoms with Crippen LogP contribution in [0.25, 0.3) is 0 Å². The summed E-state index contributed by atoms with van der Waals surface area (Å²) in [6.07, 6.45) is 3.97. The van der Waals surface area contributed by atoms with Crippen LogP contribution in [0.5, 0.6) is 0 Å². The summed E-state index contributed by atoms with van der Waals surface area (Å²) in [5.41, 5.74) is 0.